The van der Waals surface area contributed by atoms with Gasteiger partial charge < -0.3 is 25.3 Å². The van der Waals surface area contributed by atoms with Gasteiger partial charge in [0.1, 0.15) is 18.5 Å². The van der Waals surface area contributed by atoms with Crippen LogP contribution in [0.4, 0.5) is 16.2 Å². The van der Waals surface area contributed by atoms with E-state index in [9.17, 15) is 19.2 Å². The highest BCUT2D eigenvalue weighted by molar-refractivity contribution is 5.99. The summed E-state index contributed by atoms with van der Waals surface area (Å²) in [7, 11) is 0. The summed E-state index contributed by atoms with van der Waals surface area (Å²) in [6.45, 7) is 2.60. The third kappa shape index (κ3) is 9.63. The summed E-state index contributed by atoms with van der Waals surface area (Å²) in [5, 5.41) is 8.57. The first-order valence-electron chi connectivity index (χ1n) is 19.1. The average molecular weight is 761 g/mol. The number of likely N-dealkylation sites (tertiary alicyclic amines) is 1. The number of aromatic amines is 1. The van der Waals surface area contributed by atoms with Gasteiger partial charge in [-0.3, -0.25) is 19.7 Å². The molecule has 11 nitrogen and oxygen atoms in total. The van der Waals surface area contributed by atoms with Crippen molar-refractivity contribution < 1.29 is 23.9 Å². The number of hydrogen-bond donors (Lipinski definition) is 4. The Morgan fingerprint density at radius 1 is 0.789 bits per heavy atom. The number of carbonyl (C=O) groups excluding carboxylic acids is 4. The van der Waals surface area contributed by atoms with Gasteiger partial charge in [-0.05, 0) is 77.4 Å². The number of anilines is 2. The van der Waals surface area contributed by atoms with Gasteiger partial charge in [-0.25, -0.2) is 9.78 Å². The van der Waals surface area contributed by atoms with E-state index >= 15 is 0 Å². The monoisotopic (exact) mass is 760 g/mol. The molecule has 2 atom stereocenters. The van der Waals surface area contributed by atoms with Gasteiger partial charge in [-0.15, -0.1) is 0 Å². The van der Waals surface area contributed by atoms with E-state index in [2.05, 4.69) is 20.9 Å². The molecule has 2 heterocycles. The van der Waals surface area contributed by atoms with E-state index in [0.29, 0.717) is 30.0 Å². The van der Waals surface area contributed by atoms with E-state index in [4.69, 9.17) is 9.72 Å². The van der Waals surface area contributed by atoms with Crippen LogP contribution in [0.15, 0.2) is 140 Å². The largest absolute Gasteiger partial charge is 0.444 e. The molecule has 0 radical (unpaired) electrons. The zero-order valence-electron chi connectivity index (χ0n) is 31.6. The number of imidazole rings is 1. The second kappa shape index (κ2) is 18.1. The van der Waals surface area contributed by atoms with Crippen molar-refractivity contribution in [1.82, 2.24) is 20.2 Å². The van der Waals surface area contributed by atoms with E-state index in [0.717, 1.165) is 52.9 Å². The predicted octanol–water partition coefficient (Wildman–Crippen LogP) is 9.07. The lowest BCUT2D eigenvalue weighted by atomic mass is 10.0. The topological polar surface area (TPSA) is 146 Å². The van der Waals surface area contributed by atoms with Gasteiger partial charge in [0.05, 0.1) is 17.9 Å². The minimum Gasteiger partial charge on any atom is -0.444 e. The molecule has 1 saturated heterocycles. The van der Waals surface area contributed by atoms with Gasteiger partial charge in [0, 0.05) is 29.9 Å². The zero-order chi connectivity index (χ0) is 39.6. The van der Waals surface area contributed by atoms with Gasteiger partial charge in [0.2, 0.25) is 11.8 Å². The minimum atomic E-state index is -0.963. The smallest absolute Gasteiger partial charge is 0.411 e. The molecule has 1 aliphatic heterocycles. The number of nitrogens with zero attached hydrogens (tertiary/aromatic N) is 2. The first-order chi connectivity index (χ1) is 27.8. The van der Waals surface area contributed by atoms with E-state index in [1.807, 2.05) is 116 Å². The lowest BCUT2D eigenvalue weighted by Gasteiger charge is -2.29. The van der Waals surface area contributed by atoms with E-state index in [-0.39, 0.29) is 30.0 Å². The summed E-state index contributed by atoms with van der Waals surface area (Å²) in [6.07, 6.45) is 3.93. The number of hydrogen-bond acceptors (Lipinski definition) is 6. The molecule has 1 aliphatic rings. The molecular weight excluding hydrogens is 717 g/mol. The van der Waals surface area contributed by atoms with Crippen molar-refractivity contribution in [3.63, 3.8) is 0 Å². The number of amides is 4. The first-order valence-corrected chi connectivity index (χ1v) is 19.1. The normalized spacial score (nSPS) is 14.1. The molecule has 1 fully saturated rings. The van der Waals surface area contributed by atoms with Gasteiger partial charge >= 0.3 is 6.09 Å². The highest BCUT2D eigenvalue weighted by Gasteiger charge is 2.37. The molecule has 6 aromatic rings. The Morgan fingerprint density at radius 2 is 1.47 bits per heavy atom. The Hall–Kier alpha value is -7.01. The van der Waals surface area contributed by atoms with Crippen LogP contribution in [0, 0.1) is 0 Å². The Labute approximate surface area is 331 Å². The predicted molar refractivity (Wildman–Crippen MR) is 220 cm³/mol. The summed E-state index contributed by atoms with van der Waals surface area (Å²) >= 11 is 0. The number of rotatable bonds is 13. The molecule has 5 aromatic carbocycles. The SMILES string of the molecule is CCCC(=O)Nc1ccc(-c2ccc(-c3cnc([C@@H]4CCCN4C(=O)[C@H](NC(=O)c4cccc(NC(=O)OCc5ccccc5)c4)c4ccccc4)[nH]3)cc2)cc1. The molecule has 288 valence electrons. The molecule has 4 amide bonds. The number of aromatic nitrogens is 2. The van der Waals surface area contributed by atoms with Gasteiger partial charge in [-0.1, -0.05) is 110 Å². The Morgan fingerprint density at radius 3 is 2.19 bits per heavy atom. The molecule has 11 heteroatoms. The molecule has 0 unspecified atom stereocenters. The maximum Gasteiger partial charge on any atom is 0.411 e. The van der Waals surface area contributed by atoms with Crippen molar-refractivity contribution >= 4 is 35.2 Å². The minimum absolute atomic E-state index is 0.00853. The Balaban J connectivity index is 1.02. The zero-order valence-corrected chi connectivity index (χ0v) is 31.6. The molecular formula is C46H44N6O5. The standard InChI is InChI=1S/C46H44N6O5/c1-2-11-41(53)48-37-25-23-33(24-26-37)32-19-21-34(22-20-32)39-29-47-43(50-39)40-18-10-27-52(40)45(55)42(35-14-7-4-8-15-35)51-44(54)36-16-9-17-38(28-36)49-46(56)57-30-31-12-5-3-6-13-31/h3-9,12-17,19-26,28-29,40,42H,2,10-11,18,27,30H2,1H3,(H,47,50)(H,48,53)(H,49,56)(H,51,54)/t40-,42+/m0/s1. The lowest BCUT2D eigenvalue weighted by molar-refractivity contribution is -0.134. The fourth-order valence-electron chi connectivity index (χ4n) is 6.93. The van der Waals surface area contributed by atoms with Crippen LogP contribution in [0.5, 0.6) is 0 Å². The van der Waals surface area contributed by atoms with Crippen LogP contribution >= 0.6 is 0 Å². The van der Waals surface area contributed by atoms with Crippen molar-refractivity contribution in [3.8, 4) is 22.4 Å². The third-order valence-electron chi connectivity index (χ3n) is 9.86. The van der Waals surface area contributed by atoms with Gasteiger partial charge in [-0.2, -0.15) is 0 Å². The second-order valence-electron chi connectivity index (χ2n) is 13.9. The molecule has 0 spiro atoms. The Kier molecular flexibility index (Phi) is 12.1. The quantitative estimate of drug-likeness (QED) is 0.0925. The number of H-pyrrole nitrogens is 1. The van der Waals surface area contributed by atoms with Gasteiger partial charge in [0.15, 0.2) is 0 Å². The maximum atomic E-state index is 14.4. The van der Waals surface area contributed by atoms with Crippen molar-refractivity contribution in [2.45, 2.75) is 51.3 Å². The number of ether oxygens (including phenoxy) is 1. The van der Waals surface area contributed by atoms with Crippen molar-refractivity contribution in [1.29, 1.82) is 0 Å². The molecule has 0 saturated carbocycles. The molecule has 0 aliphatic carbocycles. The van der Waals surface area contributed by atoms with Crippen LogP contribution in [-0.2, 0) is 20.9 Å². The summed E-state index contributed by atoms with van der Waals surface area (Å²) < 4.78 is 5.34. The number of nitrogens with one attached hydrogen (secondary N) is 4. The fraction of sp³-hybridized carbons (Fsp3) is 0.196. The van der Waals surface area contributed by atoms with Gasteiger partial charge in [0.25, 0.3) is 5.91 Å². The third-order valence-corrected chi connectivity index (χ3v) is 9.86. The Bertz CT molecular complexity index is 2310. The average Bonchev–Trinajstić information content (AvgIpc) is 3.94. The van der Waals surface area contributed by atoms with Crippen LogP contribution in [0.1, 0.15) is 72.0 Å². The molecule has 7 rings (SSSR count). The van der Waals surface area contributed by atoms with Crippen LogP contribution in [0.25, 0.3) is 22.4 Å². The van der Waals surface area contributed by atoms with E-state index in [1.54, 1.807) is 35.4 Å². The molecule has 1 aromatic heterocycles. The maximum absolute atomic E-state index is 14.4. The number of carbonyl (C=O) groups is 4. The fourth-order valence-corrected chi connectivity index (χ4v) is 6.93. The van der Waals surface area contributed by atoms with Crippen LogP contribution in [-0.4, -0.2) is 45.2 Å². The summed E-state index contributed by atoms with van der Waals surface area (Å²) in [4.78, 5) is 62.6. The molecule has 4 N–H and O–H groups in total. The summed E-state index contributed by atoms with van der Waals surface area (Å²) in [5.41, 5.74) is 6.78. The summed E-state index contributed by atoms with van der Waals surface area (Å²) in [6, 6.07) is 39.7. The van der Waals surface area contributed by atoms with Crippen molar-refractivity contribution in [2.24, 2.45) is 0 Å². The van der Waals surface area contributed by atoms with E-state index < -0.39 is 18.0 Å². The molecule has 57 heavy (non-hydrogen) atoms. The van der Waals surface area contributed by atoms with Crippen LogP contribution in [0.3, 0.4) is 0 Å². The lowest BCUT2D eigenvalue weighted by Crippen LogP contribution is -2.43. The molecule has 0 bridgehead atoms. The van der Waals surface area contributed by atoms with Crippen molar-refractivity contribution in [3.05, 3.63) is 162 Å². The number of benzene rings is 5. The summed E-state index contributed by atoms with van der Waals surface area (Å²) in [5.74, 6) is -0.0207. The van der Waals surface area contributed by atoms with Crippen molar-refractivity contribution in [2.75, 3.05) is 17.2 Å². The highest BCUT2D eigenvalue weighted by Crippen LogP contribution is 2.34. The second-order valence-corrected chi connectivity index (χ2v) is 13.9. The van der Waals surface area contributed by atoms with Crippen LogP contribution < -0.4 is 16.0 Å². The highest BCUT2D eigenvalue weighted by atomic mass is 16.5. The van der Waals surface area contributed by atoms with E-state index in [1.165, 1.54) is 0 Å². The first kappa shape index (κ1) is 38.3. The van der Waals surface area contributed by atoms with Crippen LogP contribution in [0.2, 0.25) is 0 Å².